The maximum absolute atomic E-state index is 13.4. The van der Waals surface area contributed by atoms with Gasteiger partial charge in [-0.3, -0.25) is 9.10 Å². The topological polar surface area (TPSA) is 66.5 Å². The van der Waals surface area contributed by atoms with Crippen LogP contribution < -0.4 is 9.62 Å². The number of nitrogens with zero attached hydrogens (tertiary/aromatic N) is 1. The van der Waals surface area contributed by atoms with Crippen molar-refractivity contribution in [3.63, 3.8) is 0 Å². The Balaban J connectivity index is 2.05. The number of rotatable bonds is 6. The number of sulfonamides is 1. The lowest BCUT2D eigenvalue weighted by Crippen LogP contribution is -2.38. The van der Waals surface area contributed by atoms with Gasteiger partial charge in [-0.2, -0.15) is 13.2 Å². The minimum absolute atomic E-state index is 0.200. The molecular formula is C21H15Cl2F3N2O3S. The molecule has 0 fully saturated rings. The Labute approximate surface area is 192 Å². The zero-order valence-electron chi connectivity index (χ0n) is 16.1. The monoisotopic (exact) mass is 502 g/mol. The molecular weight excluding hydrogens is 488 g/mol. The SMILES string of the molecule is O=C(CN(c1ccc(Cl)c(C(F)(F)F)c1)S(=O)(=O)c1ccccc1)Nc1ccccc1Cl. The van der Waals surface area contributed by atoms with Gasteiger partial charge in [0.05, 0.1) is 31.9 Å². The van der Waals surface area contributed by atoms with Gasteiger partial charge in [-0.05, 0) is 42.5 Å². The first-order valence-electron chi connectivity index (χ1n) is 8.99. The highest BCUT2D eigenvalue weighted by atomic mass is 35.5. The maximum atomic E-state index is 13.4. The van der Waals surface area contributed by atoms with Crippen molar-refractivity contribution < 1.29 is 26.4 Å². The molecule has 32 heavy (non-hydrogen) atoms. The summed E-state index contributed by atoms with van der Waals surface area (Å²) < 4.78 is 67.1. The normalized spacial score (nSPS) is 11.8. The number of hydrogen-bond acceptors (Lipinski definition) is 3. The van der Waals surface area contributed by atoms with Crippen molar-refractivity contribution in [2.75, 3.05) is 16.2 Å². The molecule has 11 heteroatoms. The minimum Gasteiger partial charge on any atom is -0.323 e. The van der Waals surface area contributed by atoms with Gasteiger partial charge in [0.25, 0.3) is 10.0 Å². The standard InChI is InChI=1S/C21H15Cl2F3N2O3S/c22-17-11-10-14(12-16(17)21(24,25)26)28(32(30,31)15-6-2-1-3-7-15)13-20(29)27-19-9-5-4-8-18(19)23/h1-12H,13H2,(H,27,29). The first-order chi connectivity index (χ1) is 15.0. The lowest BCUT2D eigenvalue weighted by atomic mass is 10.2. The largest absolute Gasteiger partial charge is 0.417 e. The van der Waals surface area contributed by atoms with Crippen molar-refractivity contribution in [2.24, 2.45) is 0 Å². The van der Waals surface area contributed by atoms with Gasteiger partial charge < -0.3 is 5.32 Å². The smallest absolute Gasteiger partial charge is 0.323 e. The number of amides is 1. The van der Waals surface area contributed by atoms with Gasteiger partial charge in [-0.25, -0.2) is 8.42 Å². The van der Waals surface area contributed by atoms with Crippen molar-refractivity contribution >= 4 is 50.5 Å². The predicted octanol–water partition coefficient (Wildman–Crippen LogP) is 5.85. The third-order valence-corrected chi connectivity index (χ3v) is 6.76. The molecule has 0 saturated carbocycles. The van der Waals surface area contributed by atoms with Gasteiger partial charge in [0.2, 0.25) is 5.91 Å². The van der Waals surface area contributed by atoms with E-state index < -0.39 is 39.2 Å². The molecule has 0 aliphatic carbocycles. The van der Waals surface area contributed by atoms with Gasteiger partial charge in [-0.15, -0.1) is 0 Å². The van der Waals surface area contributed by atoms with Crippen LogP contribution in [-0.2, 0) is 21.0 Å². The van der Waals surface area contributed by atoms with Crippen LogP contribution in [0.15, 0.2) is 77.7 Å². The van der Waals surface area contributed by atoms with E-state index in [2.05, 4.69) is 5.32 Å². The minimum atomic E-state index is -4.82. The zero-order chi connectivity index (χ0) is 23.5. The van der Waals surface area contributed by atoms with Gasteiger partial charge in [0.15, 0.2) is 0 Å². The number of para-hydroxylation sites is 1. The van der Waals surface area contributed by atoms with E-state index in [1.807, 2.05) is 0 Å². The van der Waals surface area contributed by atoms with Crippen LogP contribution in [-0.4, -0.2) is 20.9 Å². The fourth-order valence-corrected chi connectivity index (χ4v) is 4.64. The molecule has 0 unspecified atom stereocenters. The summed E-state index contributed by atoms with van der Waals surface area (Å²) in [6, 6.07) is 15.9. The Hall–Kier alpha value is -2.75. The molecule has 1 N–H and O–H groups in total. The van der Waals surface area contributed by atoms with Crippen LogP contribution in [0, 0.1) is 0 Å². The molecule has 0 saturated heterocycles. The summed E-state index contributed by atoms with van der Waals surface area (Å²) in [5, 5.41) is 2.08. The van der Waals surface area contributed by atoms with Crippen LogP contribution >= 0.6 is 23.2 Å². The molecule has 0 radical (unpaired) electrons. The molecule has 0 heterocycles. The summed E-state index contributed by atoms with van der Waals surface area (Å²) in [6.45, 7) is -0.804. The molecule has 168 valence electrons. The quantitative estimate of drug-likeness (QED) is 0.459. The van der Waals surface area contributed by atoms with E-state index in [1.54, 1.807) is 18.2 Å². The number of alkyl halides is 3. The molecule has 0 bridgehead atoms. The summed E-state index contributed by atoms with van der Waals surface area (Å²) in [6.07, 6.45) is -4.82. The molecule has 1 amide bonds. The van der Waals surface area contributed by atoms with Crippen molar-refractivity contribution in [3.05, 3.63) is 88.4 Å². The maximum Gasteiger partial charge on any atom is 0.417 e. The van der Waals surface area contributed by atoms with Crippen LogP contribution in [0.25, 0.3) is 0 Å². The summed E-state index contributed by atoms with van der Waals surface area (Å²) >= 11 is 11.7. The summed E-state index contributed by atoms with van der Waals surface area (Å²) in [5.74, 6) is -0.805. The molecule has 5 nitrogen and oxygen atoms in total. The van der Waals surface area contributed by atoms with Gasteiger partial charge in [0, 0.05) is 0 Å². The van der Waals surface area contributed by atoms with E-state index in [0.717, 1.165) is 12.1 Å². The number of hydrogen-bond donors (Lipinski definition) is 1. The highest BCUT2D eigenvalue weighted by molar-refractivity contribution is 7.92. The number of benzene rings is 3. The third-order valence-electron chi connectivity index (χ3n) is 4.31. The lowest BCUT2D eigenvalue weighted by Gasteiger charge is -2.25. The number of carbonyl (C=O) groups excluding carboxylic acids is 1. The highest BCUT2D eigenvalue weighted by Crippen LogP contribution is 2.38. The summed E-state index contributed by atoms with van der Waals surface area (Å²) in [5.41, 5.74) is -1.38. The molecule has 0 atom stereocenters. The molecule has 0 aliphatic heterocycles. The van der Waals surface area contributed by atoms with Gasteiger partial charge in [0.1, 0.15) is 6.54 Å². The van der Waals surface area contributed by atoms with Crippen LogP contribution in [0.3, 0.4) is 0 Å². The molecule has 3 rings (SSSR count). The van der Waals surface area contributed by atoms with Crippen LogP contribution in [0.1, 0.15) is 5.56 Å². The Kier molecular flexibility index (Phi) is 7.02. The van der Waals surface area contributed by atoms with E-state index in [-0.39, 0.29) is 21.3 Å². The zero-order valence-corrected chi connectivity index (χ0v) is 18.4. The Morgan fingerprint density at radius 1 is 0.906 bits per heavy atom. The van der Waals surface area contributed by atoms with Crippen molar-refractivity contribution in [1.29, 1.82) is 0 Å². The van der Waals surface area contributed by atoms with E-state index in [1.165, 1.54) is 36.4 Å². The second-order valence-corrected chi connectivity index (χ2v) is 9.19. The summed E-state index contributed by atoms with van der Waals surface area (Å²) in [4.78, 5) is 12.5. The van der Waals surface area contributed by atoms with Crippen molar-refractivity contribution in [3.8, 4) is 0 Å². The number of anilines is 2. The number of halogens is 5. The Morgan fingerprint density at radius 2 is 1.53 bits per heavy atom. The molecule has 3 aromatic rings. The number of carbonyl (C=O) groups is 1. The van der Waals surface area contributed by atoms with E-state index in [4.69, 9.17) is 23.2 Å². The van der Waals surface area contributed by atoms with E-state index in [0.29, 0.717) is 10.4 Å². The van der Waals surface area contributed by atoms with Gasteiger partial charge >= 0.3 is 6.18 Å². The van der Waals surface area contributed by atoms with Gasteiger partial charge in [-0.1, -0.05) is 53.5 Å². The van der Waals surface area contributed by atoms with Crippen LogP contribution in [0.5, 0.6) is 0 Å². The van der Waals surface area contributed by atoms with Crippen LogP contribution in [0.4, 0.5) is 24.5 Å². The van der Waals surface area contributed by atoms with E-state index in [9.17, 15) is 26.4 Å². The predicted molar refractivity (Wildman–Crippen MR) is 118 cm³/mol. The second-order valence-electron chi connectivity index (χ2n) is 6.51. The number of nitrogens with one attached hydrogen (secondary N) is 1. The highest BCUT2D eigenvalue weighted by Gasteiger charge is 2.35. The molecule has 0 aromatic heterocycles. The summed E-state index contributed by atoms with van der Waals surface area (Å²) in [7, 11) is -4.40. The van der Waals surface area contributed by atoms with Crippen LogP contribution in [0.2, 0.25) is 10.0 Å². The third kappa shape index (κ3) is 5.35. The average Bonchev–Trinajstić information content (AvgIpc) is 2.74. The first kappa shape index (κ1) is 23.9. The lowest BCUT2D eigenvalue weighted by molar-refractivity contribution is -0.137. The molecule has 0 aliphatic rings. The second kappa shape index (κ2) is 9.40. The average molecular weight is 503 g/mol. The first-order valence-corrected chi connectivity index (χ1v) is 11.2. The van der Waals surface area contributed by atoms with E-state index >= 15 is 0 Å². The Morgan fingerprint density at radius 3 is 2.16 bits per heavy atom. The van der Waals surface area contributed by atoms with Crippen molar-refractivity contribution in [2.45, 2.75) is 11.1 Å². The fourth-order valence-electron chi connectivity index (χ4n) is 2.80. The molecule has 3 aromatic carbocycles. The van der Waals surface area contributed by atoms with Crippen molar-refractivity contribution in [1.82, 2.24) is 0 Å². The fraction of sp³-hybridized carbons (Fsp3) is 0.0952. The molecule has 0 spiro atoms. The Bertz CT molecular complexity index is 1240.